The van der Waals surface area contributed by atoms with Crippen LogP contribution >= 0.6 is 11.3 Å². The number of aryl methyl sites for hydroxylation is 4. The summed E-state index contributed by atoms with van der Waals surface area (Å²) in [4.78, 5) is 22.2. The Kier molecular flexibility index (Phi) is 2.56. The van der Waals surface area contributed by atoms with Crippen LogP contribution < -0.4 is 0 Å². The van der Waals surface area contributed by atoms with Crippen molar-refractivity contribution in [3.8, 4) is 5.75 Å². The molecule has 0 spiro atoms. The average Bonchev–Trinajstić information content (AvgIpc) is 3.52. The molecule has 4 aliphatic rings. The molecule has 3 heterocycles. The maximum atomic E-state index is 13.3. The van der Waals surface area contributed by atoms with Gasteiger partial charge in [-0.05, 0) is 82.3 Å². The number of hydrogen-bond acceptors (Lipinski definition) is 4. The first-order valence-corrected chi connectivity index (χ1v) is 13.9. The van der Waals surface area contributed by atoms with Gasteiger partial charge in [0.25, 0.3) is 0 Å². The number of phenols is 1. The normalized spacial score (nSPS) is 19.4. The number of pyridine rings is 1. The predicted octanol–water partition coefficient (Wildman–Crippen LogP) is 6.96. The van der Waals surface area contributed by atoms with E-state index >= 15 is 0 Å². The fourth-order valence-corrected chi connectivity index (χ4v) is 9.90. The maximum absolute atomic E-state index is 13.3. The number of carbonyl (C=O) groups is 1. The summed E-state index contributed by atoms with van der Waals surface area (Å²) >= 11 is 1.68. The molecule has 0 amide bonds. The lowest BCUT2D eigenvalue weighted by atomic mass is 9.69. The first-order chi connectivity index (χ1) is 17.7. The van der Waals surface area contributed by atoms with Gasteiger partial charge in [-0.25, -0.2) is 0 Å². The summed E-state index contributed by atoms with van der Waals surface area (Å²) in [6.45, 7) is 0. The van der Waals surface area contributed by atoms with Crippen LogP contribution in [-0.4, -0.2) is 20.9 Å². The molecule has 170 valence electrons. The van der Waals surface area contributed by atoms with Crippen molar-refractivity contribution in [2.24, 2.45) is 0 Å². The van der Waals surface area contributed by atoms with Crippen molar-refractivity contribution in [3.63, 3.8) is 0 Å². The van der Waals surface area contributed by atoms with Gasteiger partial charge in [0.05, 0.1) is 5.52 Å². The third-order valence-electron chi connectivity index (χ3n) is 10.00. The van der Waals surface area contributed by atoms with E-state index in [4.69, 9.17) is 4.98 Å². The number of aromatic nitrogens is 2. The topological polar surface area (TPSA) is 66.0 Å². The predicted molar refractivity (Wildman–Crippen MR) is 145 cm³/mol. The second kappa shape index (κ2) is 5.21. The van der Waals surface area contributed by atoms with Crippen molar-refractivity contribution in [1.82, 2.24) is 9.97 Å². The highest BCUT2D eigenvalue weighted by atomic mass is 32.1. The summed E-state index contributed by atoms with van der Waals surface area (Å²) < 4.78 is 1.17. The van der Waals surface area contributed by atoms with E-state index in [0.717, 1.165) is 54.0 Å². The number of phenolic OH excluding ortho intramolecular Hbond substituents is 1. The molecule has 0 fully saturated rings. The lowest BCUT2D eigenvalue weighted by Crippen LogP contribution is -2.21. The van der Waals surface area contributed by atoms with Gasteiger partial charge < -0.3 is 10.1 Å². The summed E-state index contributed by atoms with van der Waals surface area (Å²) in [7, 11) is 0. The Bertz CT molecular complexity index is 2300. The van der Waals surface area contributed by atoms with E-state index in [1.165, 1.54) is 81.4 Å². The molecule has 0 saturated carbocycles. The quantitative estimate of drug-likeness (QED) is 0.181. The van der Waals surface area contributed by atoms with Crippen LogP contribution in [0.1, 0.15) is 56.3 Å². The zero-order chi connectivity index (χ0) is 23.2. The van der Waals surface area contributed by atoms with E-state index in [1.54, 1.807) is 11.3 Å². The van der Waals surface area contributed by atoms with Crippen molar-refractivity contribution >= 4 is 81.2 Å². The number of Topliss-reactive ketones (excluding diaryl/α,β-unsaturated/α-hetero) is 1. The summed E-state index contributed by atoms with van der Waals surface area (Å²) in [5.74, 6) is 0.886. The van der Waals surface area contributed by atoms with Gasteiger partial charge in [-0.3, -0.25) is 9.78 Å². The van der Waals surface area contributed by atoms with Crippen LogP contribution in [0, 0.1) is 0 Å². The number of aromatic hydroxyl groups is 1. The van der Waals surface area contributed by atoms with Crippen molar-refractivity contribution < 1.29 is 9.90 Å². The van der Waals surface area contributed by atoms with E-state index in [9.17, 15) is 9.90 Å². The number of rotatable bonds is 0. The fourth-order valence-electron chi connectivity index (χ4n) is 8.79. The first-order valence-electron chi connectivity index (χ1n) is 13.0. The Labute approximate surface area is 207 Å². The molecule has 1 unspecified atom stereocenters. The van der Waals surface area contributed by atoms with Crippen LogP contribution in [0.2, 0.25) is 0 Å². The van der Waals surface area contributed by atoms with Crippen LogP contribution in [0.15, 0.2) is 17.6 Å². The summed E-state index contributed by atoms with van der Waals surface area (Å²) in [5.41, 5.74) is 9.93. The molecule has 3 aromatic heterocycles. The number of benzene rings is 4. The van der Waals surface area contributed by atoms with E-state index in [-0.39, 0.29) is 11.7 Å². The Morgan fingerprint density at radius 2 is 1.72 bits per heavy atom. The van der Waals surface area contributed by atoms with Crippen molar-refractivity contribution in [1.29, 1.82) is 0 Å². The van der Waals surface area contributed by atoms with Crippen molar-refractivity contribution in [3.05, 3.63) is 56.8 Å². The van der Waals surface area contributed by atoms with Gasteiger partial charge in [0, 0.05) is 77.5 Å². The number of nitrogens with one attached hydrogen (secondary N) is 1. The smallest absolute Gasteiger partial charge is 0.164 e. The molecule has 0 radical (unpaired) electrons. The van der Waals surface area contributed by atoms with E-state index in [2.05, 4.69) is 16.6 Å². The minimum absolute atomic E-state index is 0.215. The molecule has 1 atom stereocenters. The van der Waals surface area contributed by atoms with Crippen LogP contribution in [0.3, 0.4) is 0 Å². The lowest BCUT2D eigenvalue weighted by Gasteiger charge is -2.35. The zero-order valence-corrected chi connectivity index (χ0v) is 20.1. The van der Waals surface area contributed by atoms with Gasteiger partial charge in [-0.15, -0.1) is 11.3 Å². The first kappa shape index (κ1) is 17.7. The van der Waals surface area contributed by atoms with Crippen LogP contribution in [0.5, 0.6) is 5.75 Å². The number of carbonyl (C=O) groups excluding carboxylic acids is 1. The molecular formula is C31H18N2O2S. The second-order valence-corrected chi connectivity index (χ2v) is 12.3. The molecule has 4 aliphatic carbocycles. The van der Waals surface area contributed by atoms with Gasteiger partial charge in [-0.1, -0.05) is 0 Å². The summed E-state index contributed by atoms with van der Waals surface area (Å²) in [6, 6.07) is 2.00. The molecule has 4 nitrogen and oxygen atoms in total. The molecule has 11 rings (SSSR count). The highest BCUT2D eigenvalue weighted by Crippen LogP contribution is 2.59. The van der Waals surface area contributed by atoms with Gasteiger partial charge in [0.1, 0.15) is 5.75 Å². The Hall–Kier alpha value is -3.70. The number of H-pyrrole nitrogens is 1. The minimum Gasteiger partial charge on any atom is -0.508 e. The number of fused-ring (bicyclic) bond motifs is 2. The number of ketones is 1. The number of nitrogens with zero attached hydrogens (tertiary/aromatic N) is 1. The van der Waals surface area contributed by atoms with Crippen molar-refractivity contribution in [2.75, 3.05) is 0 Å². The molecule has 36 heavy (non-hydrogen) atoms. The SMILES string of the molecule is O=C1CC2Cc3[nH]c4c5c6c(cnc6c6c7c8c(c(O)cc9c%10scc1c%10c2c(c3c57)c98)CC6)CC4. The Morgan fingerprint density at radius 3 is 2.67 bits per heavy atom. The molecule has 0 saturated heterocycles. The van der Waals surface area contributed by atoms with Gasteiger partial charge >= 0.3 is 0 Å². The average molecular weight is 483 g/mol. The minimum atomic E-state index is 0.215. The Balaban J connectivity index is 1.62. The largest absolute Gasteiger partial charge is 0.508 e. The van der Waals surface area contributed by atoms with Crippen molar-refractivity contribution in [2.45, 2.75) is 44.4 Å². The summed E-state index contributed by atoms with van der Waals surface area (Å²) in [5, 5.41) is 26.4. The van der Waals surface area contributed by atoms with E-state index in [1.807, 2.05) is 6.07 Å². The standard InChI is InChI=1S/C31H18N2O2S/c34-18-6-11-5-17-27-28-20(11)25-15(18)9-36-31(25)14-7-19(35)12-2-3-13-23(22(12)24(14)28)29(27)26-16(33-17)4-1-10-8-32-30(13)21(10)26/h7-9,11,33,35H,1-6H2. The highest BCUT2D eigenvalue weighted by Gasteiger charge is 2.39. The van der Waals surface area contributed by atoms with E-state index < -0.39 is 0 Å². The maximum Gasteiger partial charge on any atom is 0.164 e. The number of aromatic amines is 1. The highest BCUT2D eigenvalue weighted by molar-refractivity contribution is 7.18. The molecule has 5 heteroatoms. The Morgan fingerprint density at radius 1 is 0.861 bits per heavy atom. The second-order valence-electron chi connectivity index (χ2n) is 11.4. The molecule has 0 bridgehead atoms. The molecule has 4 aromatic carbocycles. The monoisotopic (exact) mass is 482 g/mol. The fraction of sp³-hybridized carbons (Fsp3) is 0.226. The zero-order valence-electron chi connectivity index (χ0n) is 19.3. The van der Waals surface area contributed by atoms with Gasteiger partial charge in [0.2, 0.25) is 0 Å². The lowest BCUT2D eigenvalue weighted by molar-refractivity contribution is 0.0972. The van der Waals surface area contributed by atoms with Gasteiger partial charge in [0.15, 0.2) is 5.78 Å². The van der Waals surface area contributed by atoms with Crippen LogP contribution in [0.25, 0.3) is 64.1 Å². The molecule has 7 aromatic rings. The van der Waals surface area contributed by atoms with Gasteiger partial charge in [-0.2, -0.15) is 0 Å². The third kappa shape index (κ3) is 1.58. The summed E-state index contributed by atoms with van der Waals surface area (Å²) in [6.07, 6.45) is 7.37. The molecule has 0 aliphatic heterocycles. The van der Waals surface area contributed by atoms with E-state index in [0.29, 0.717) is 12.2 Å². The molecule has 2 N–H and O–H groups in total. The van der Waals surface area contributed by atoms with Crippen LogP contribution in [-0.2, 0) is 32.1 Å². The number of hydrogen-bond donors (Lipinski definition) is 2. The molecular weight excluding hydrogens is 464 g/mol. The van der Waals surface area contributed by atoms with Crippen LogP contribution in [0.4, 0.5) is 0 Å². The number of thiophene rings is 1. The third-order valence-corrected chi connectivity index (χ3v) is 11.0.